The van der Waals surface area contributed by atoms with Crippen molar-refractivity contribution >= 4 is 5.91 Å². The molecule has 110 valence electrons. The monoisotopic (exact) mass is 285 g/mol. The highest BCUT2D eigenvalue weighted by molar-refractivity contribution is 5.89. The van der Waals surface area contributed by atoms with Gasteiger partial charge in [0.05, 0.1) is 0 Å². The van der Waals surface area contributed by atoms with E-state index in [1.807, 2.05) is 17.0 Å². The molecule has 1 atom stereocenters. The van der Waals surface area contributed by atoms with Crippen molar-refractivity contribution < 1.29 is 4.79 Å². The molecule has 3 heterocycles. The van der Waals surface area contributed by atoms with Crippen LogP contribution in [0.5, 0.6) is 0 Å². The molecule has 3 rings (SSSR count). The van der Waals surface area contributed by atoms with Crippen molar-refractivity contribution in [3.63, 3.8) is 0 Å². The van der Waals surface area contributed by atoms with Crippen LogP contribution in [0.2, 0.25) is 0 Å². The summed E-state index contributed by atoms with van der Waals surface area (Å²) in [7, 11) is 0. The van der Waals surface area contributed by atoms with Crippen LogP contribution >= 0.6 is 0 Å². The Hall–Kier alpha value is -2.21. The number of hydrogen-bond acceptors (Lipinski definition) is 4. The topological polar surface area (TPSA) is 77.0 Å². The average molecular weight is 285 g/mol. The molecule has 0 aliphatic carbocycles. The standard InChI is InChI=1S/C15H19N5O/c16-14(21)15-18-6-8-20(15)10-9-19-7-3-13(11-19)12-1-4-17-5-2-12/h1-2,4-6,8,13H,3,7,9-11H2,(H2,16,21). The van der Waals surface area contributed by atoms with Gasteiger partial charge in [0.15, 0.2) is 5.82 Å². The molecule has 6 heteroatoms. The number of amides is 1. The summed E-state index contributed by atoms with van der Waals surface area (Å²) < 4.78 is 1.82. The molecule has 21 heavy (non-hydrogen) atoms. The zero-order valence-corrected chi connectivity index (χ0v) is 11.9. The molecular weight excluding hydrogens is 266 g/mol. The van der Waals surface area contributed by atoms with Crippen LogP contribution in [0.1, 0.15) is 28.5 Å². The Balaban J connectivity index is 1.56. The van der Waals surface area contributed by atoms with Gasteiger partial charge in [0, 0.05) is 44.4 Å². The fourth-order valence-electron chi connectivity index (χ4n) is 2.91. The van der Waals surface area contributed by atoms with E-state index in [1.165, 1.54) is 5.56 Å². The first kappa shape index (κ1) is 13.8. The lowest BCUT2D eigenvalue weighted by Crippen LogP contribution is -2.27. The Kier molecular flexibility index (Phi) is 3.96. The van der Waals surface area contributed by atoms with Gasteiger partial charge >= 0.3 is 0 Å². The highest BCUT2D eigenvalue weighted by Gasteiger charge is 2.23. The third kappa shape index (κ3) is 3.11. The molecule has 1 aliphatic heterocycles. The van der Waals surface area contributed by atoms with E-state index < -0.39 is 5.91 Å². The maximum atomic E-state index is 11.2. The van der Waals surface area contributed by atoms with Gasteiger partial charge in [-0.1, -0.05) is 0 Å². The molecule has 2 aromatic heterocycles. The van der Waals surface area contributed by atoms with Gasteiger partial charge in [0.1, 0.15) is 0 Å². The first-order valence-corrected chi connectivity index (χ1v) is 7.17. The van der Waals surface area contributed by atoms with Gasteiger partial charge in [-0.2, -0.15) is 0 Å². The Morgan fingerprint density at radius 2 is 2.10 bits per heavy atom. The smallest absolute Gasteiger partial charge is 0.284 e. The van der Waals surface area contributed by atoms with Gasteiger partial charge in [-0.25, -0.2) is 4.98 Å². The molecular formula is C15H19N5O. The second-order valence-electron chi connectivity index (χ2n) is 5.38. The number of hydrogen-bond donors (Lipinski definition) is 1. The number of nitrogens with zero attached hydrogens (tertiary/aromatic N) is 4. The van der Waals surface area contributed by atoms with Crippen molar-refractivity contribution in [1.29, 1.82) is 0 Å². The number of likely N-dealkylation sites (tertiary alicyclic amines) is 1. The van der Waals surface area contributed by atoms with E-state index in [0.29, 0.717) is 11.7 Å². The number of primary amides is 1. The fourth-order valence-corrected chi connectivity index (χ4v) is 2.91. The molecule has 0 spiro atoms. The largest absolute Gasteiger partial charge is 0.363 e. The Morgan fingerprint density at radius 3 is 2.86 bits per heavy atom. The Labute approximate surface area is 123 Å². The van der Waals surface area contributed by atoms with E-state index in [2.05, 4.69) is 27.0 Å². The van der Waals surface area contributed by atoms with Crippen molar-refractivity contribution in [2.45, 2.75) is 18.9 Å². The SMILES string of the molecule is NC(=O)c1nccn1CCN1CCC(c2ccncc2)C1. The van der Waals surface area contributed by atoms with Crippen molar-refractivity contribution in [3.05, 3.63) is 48.3 Å². The molecule has 1 saturated heterocycles. The van der Waals surface area contributed by atoms with E-state index in [9.17, 15) is 4.79 Å². The van der Waals surface area contributed by atoms with Crippen LogP contribution in [0, 0.1) is 0 Å². The quantitative estimate of drug-likeness (QED) is 0.884. The first-order chi connectivity index (χ1) is 10.2. The minimum absolute atomic E-state index is 0.333. The second-order valence-corrected chi connectivity index (χ2v) is 5.38. The predicted molar refractivity (Wildman–Crippen MR) is 78.8 cm³/mol. The van der Waals surface area contributed by atoms with Gasteiger partial charge in [-0.05, 0) is 36.6 Å². The van der Waals surface area contributed by atoms with E-state index in [0.717, 1.165) is 32.6 Å². The first-order valence-electron chi connectivity index (χ1n) is 7.17. The minimum Gasteiger partial charge on any atom is -0.363 e. The van der Waals surface area contributed by atoms with Gasteiger partial charge < -0.3 is 15.2 Å². The maximum absolute atomic E-state index is 11.2. The summed E-state index contributed by atoms with van der Waals surface area (Å²) in [5.74, 6) is 0.433. The summed E-state index contributed by atoms with van der Waals surface area (Å²) >= 11 is 0. The maximum Gasteiger partial charge on any atom is 0.284 e. The number of pyridine rings is 1. The third-order valence-electron chi connectivity index (χ3n) is 4.04. The molecule has 1 fully saturated rings. The molecule has 0 saturated carbocycles. The lowest BCUT2D eigenvalue weighted by atomic mass is 10.00. The number of imidazole rings is 1. The zero-order valence-electron chi connectivity index (χ0n) is 11.9. The average Bonchev–Trinajstić information content (AvgIpc) is 3.15. The van der Waals surface area contributed by atoms with Crippen LogP contribution in [0.25, 0.3) is 0 Å². The summed E-state index contributed by atoms with van der Waals surface area (Å²) in [5, 5.41) is 0. The zero-order chi connectivity index (χ0) is 14.7. The highest BCUT2D eigenvalue weighted by Crippen LogP contribution is 2.26. The van der Waals surface area contributed by atoms with Crippen LogP contribution in [-0.4, -0.2) is 45.0 Å². The summed E-state index contributed by atoms with van der Waals surface area (Å²) in [6, 6.07) is 4.18. The molecule has 2 N–H and O–H groups in total. The Bertz CT molecular complexity index is 610. The Morgan fingerprint density at radius 1 is 1.29 bits per heavy atom. The summed E-state index contributed by atoms with van der Waals surface area (Å²) in [6.45, 7) is 3.76. The molecule has 6 nitrogen and oxygen atoms in total. The van der Waals surface area contributed by atoms with E-state index >= 15 is 0 Å². The van der Waals surface area contributed by atoms with Crippen molar-refractivity contribution in [2.75, 3.05) is 19.6 Å². The van der Waals surface area contributed by atoms with E-state index in [4.69, 9.17) is 5.73 Å². The van der Waals surface area contributed by atoms with Crippen molar-refractivity contribution in [2.24, 2.45) is 5.73 Å². The van der Waals surface area contributed by atoms with Crippen molar-refractivity contribution in [1.82, 2.24) is 19.4 Å². The third-order valence-corrected chi connectivity index (χ3v) is 4.04. The normalized spacial score (nSPS) is 19.0. The van der Waals surface area contributed by atoms with Crippen LogP contribution in [-0.2, 0) is 6.54 Å². The lowest BCUT2D eigenvalue weighted by molar-refractivity contribution is 0.0985. The molecule has 0 radical (unpaired) electrons. The van der Waals surface area contributed by atoms with E-state index in [-0.39, 0.29) is 0 Å². The van der Waals surface area contributed by atoms with Crippen molar-refractivity contribution in [3.8, 4) is 0 Å². The van der Waals surface area contributed by atoms with Gasteiger partial charge in [-0.3, -0.25) is 9.78 Å². The van der Waals surface area contributed by atoms with Gasteiger partial charge in [-0.15, -0.1) is 0 Å². The molecule has 1 aliphatic rings. The minimum atomic E-state index is -0.476. The molecule has 2 aromatic rings. The number of rotatable bonds is 5. The van der Waals surface area contributed by atoms with Crippen LogP contribution < -0.4 is 5.73 Å². The van der Waals surface area contributed by atoms with Crippen LogP contribution in [0.4, 0.5) is 0 Å². The van der Waals surface area contributed by atoms with Gasteiger partial charge in [0.25, 0.3) is 5.91 Å². The van der Waals surface area contributed by atoms with Crippen LogP contribution in [0.15, 0.2) is 36.9 Å². The molecule has 0 bridgehead atoms. The highest BCUT2D eigenvalue weighted by atomic mass is 16.1. The summed E-state index contributed by atoms with van der Waals surface area (Å²) in [5.41, 5.74) is 6.65. The number of nitrogens with two attached hydrogens (primary N) is 1. The van der Waals surface area contributed by atoms with Crippen LogP contribution in [0.3, 0.4) is 0 Å². The number of carbonyl (C=O) groups excluding carboxylic acids is 1. The molecule has 0 aromatic carbocycles. The summed E-state index contributed by atoms with van der Waals surface area (Å²) in [6.07, 6.45) is 8.28. The summed E-state index contributed by atoms with van der Waals surface area (Å²) in [4.78, 5) is 21.7. The predicted octanol–water partition coefficient (Wildman–Crippen LogP) is 0.866. The number of carbonyl (C=O) groups is 1. The van der Waals surface area contributed by atoms with Gasteiger partial charge in [0.2, 0.25) is 0 Å². The molecule has 1 unspecified atom stereocenters. The molecule has 1 amide bonds. The number of aromatic nitrogens is 3. The lowest BCUT2D eigenvalue weighted by Gasteiger charge is -2.17. The fraction of sp³-hybridized carbons (Fsp3) is 0.400. The van der Waals surface area contributed by atoms with E-state index in [1.54, 1.807) is 12.4 Å². The second kappa shape index (κ2) is 6.05.